The number of aryl methyl sites for hydroxylation is 2. The quantitative estimate of drug-likeness (QED) is 0.667. The first-order chi connectivity index (χ1) is 14.5. The molecular weight excluding hydrogens is 384 g/mol. The Hall–Kier alpha value is -2.96. The Kier molecular flexibility index (Phi) is 5.70. The number of rotatable bonds is 8. The standard InChI is InChI=1S/C23H28N2O5/c1-15-10-19(12-23(27)25(15)17-6-7-17)30-20-13-24(14-20)22(26)9-5-16-4-8-18(28-2)11-21(16)29-3/h4,8,10-12,17,20H,5-7,9,13-14H2,1-3H3. The molecule has 0 radical (unpaired) electrons. The first kappa shape index (κ1) is 20.3. The Morgan fingerprint density at radius 2 is 1.83 bits per heavy atom. The van der Waals surface area contributed by atoms with Gasteiger partial charge in [-0.2, -0.15) is 0 Å². The Bertz CT molecular complexity index is 990. The van der Waals surface area contributed by atoms with E-state index >= 15 is 0 Å². The number of hydrogen-bond donors (Lipinski definition) is 0. The summed E-state index contributed by atoms with van der Waals surface area (Å²) in [5.41, 5.74) is 1.90. The van der Waals surface area contributed by atoms with Gasteiger partial charge in [0.2, 0.25) is 5.91 Å². The fourth-order valence-electron chi connectivity index (χ4n) is 3.92. The number of hydrogen-bond acceptors (Lipinski definition) is 5. The Morgan fingerprint density at radius 1 is 1.07 bits per heavy atom. The van der Waals surface area contributed by atoms with E-state index in [1.807, 2.05) is 35.8 Å². The van der Waals surface area contributed by atoms with Gasteiger partial charge in [0.05, 0.1) is 27.3 Å². The van der Waals surface area contributed by atoms with E-state index in [1.165, 1.54) is 0 Å². The summed E-state index contributed by atoms with van der Waals surface area (Å²) in [6.45, 7) is 3.03. The second kappa shape index (κ2) is 8.42. The molecule has 0 spiro atoms. The monoisotopic (exact) mass is 412 g/mol. The second-order valence-corrected chi connectivity index (χ2v) is 7.99. The van der Waals surface area contributed by atoms with Crippen LogP contribution < -0.4 is 19.8 Å². The smallest absolute Gasteiger partial charge is 0.254 e. The topological polar surface area (TPSA) is 70.0 Å². The van der Waals surface area contributed by atoms with E-state index in [-0.39, 0.29) is 17.6 Å². The van der Waals surface area contributed by atoms with E-state index in [9.17, 15) is 9.59 Å². The molecule has 1 amide bonds. The van der Waals surface area contributed by atoms with Crippen LogP contribution in [0.5, 0.6) is 17.2 Å². The second-order valence-electron chi connectivity index (χ2n) is 7.99. The molecule has 1 saturated heterocycles. The lowest BCUT2D eigenvalue weighted by Gasteiger charge is -2.39. The van der Waals surface area contributed by atoms with Gasteiger partial charge in [0.25, 0.3) is 5.56 Å². The van der Waals surface area contributed by atoms with Crippen LogP contribution in [0.4, 0.5) is 0 Å². The van der Waals surface area contributed by atoms with Gasteiger partial charge < -0.3 is 23.7 Å². The number of carbonyl (C=O) groups excluding carboxylic acids is 1. The summed E-state index contributed by atoms with van der Waals surface area (Å²) in [5.74, 6) is 2.13. The number of benzene rings is 1. The zero-order valence-corrected chi connectivity index (χ0v) is 17.7. The fourth-order valence-corrected chi connectivity index (χ4v) is 3.92. The lowest BCUT2D eigenvalue weighted by Crippen LogP contribution is -2.56. The van der Waals surface area contributed by atoms with Crippen molar-refractivity contribution in [2.75, 3.05) is 27.3 Å². The number of methoxy groups -OCH3 is 2. The van der Waals surface area contributed by atoms with Gasteiger partial charge in [0.15, 0.2) is 0 Å². The van der Waals surface area contributed by atoms with Gasteiger partial charge in [0, 0.05) is 30.3 Å². The number of nitrogens with zero attached hydrogens (tertiary/aromatic N) is 2. The van der Waals surface area contributed by atoms with Crippen molar-refractivity contribution in [3.05, 3.63) is 51.9 Å². The van der Waals surface area contributed by atoms with Crippen molar-refractivity contribution < 1.29 is 19.0 Å². The predicted molar refractivity (Wildman–Crippen MR) is 113 cm³/mol. The Labute approximate surface area is 176 Å². The SMILES string of the molecule is COc1ccc(CCC(=O)N2CC(Oc3cc(C)n(C4CC4)c(=O)c3)C2)c(OC)c1. The zero-order valence-electron chi connectivity index (χ0n) is 17.7. The molecule has 2 aliphatic rings. The molecule has 0 bridgehead atoms. The average Bonchev–Trinajstić information content (AvgIpc) is 3.52. The van der Waals surface area contributed by atoms with Gasteiger partial charge in [-0.25, -0.2) is 0 Å². The van der Waals surface area contributed by atoms with Crippen LogP contribution in [0.3, 0.4) is 0 Å². The summed E-state index contributed by atoms with van der Waals surface area (Å²) < 4.78 is 18.4. The molecular formula is C23H28N2O5. The molecule has 1 saturated carbocycles. The van der Waals surface area contributed by atoms with Crippen molar-refractivity contribution in [1.82, 2.24) is 9.47 Å². The van der Waals surface area contributed by atoms with Crippen molar-refractivity contribution in [2.24, 2.45) is 0 Å². The van der Waals surface area contributed by atoms with Crippen LogP contribution in [0, 0.1) is 6.92 Å². The predicted octanol–water partition coefficient (Wildman–Crippen LogP) is 2.73. The van der Waals surface area contributed by atoms with Crippen LogP contribution in [0.25, 0.3) is 0 Å². The van der Waals surface area contributed by atoms with E-state index in [1.54, 1.807) is 25.2 Å². The number of aromatic nitrogens is 1. The molecule has 2 heterocycles. The van der Waals surface area contributed by atoms with Gasteiger partial charge in [-0.15, -0.1) is 0 Å². The number of ether oxygens (including phenoxy) is 3. The average molecular weight is 412 g/mol. The van der Waals surface area contributed by atoms with Gasteiger partial charge in [-0.3, -0.25) is 9.59 Å². The van der Waals surface area contributed by atoms with Crippen molar-refractivity contribution in [3.8, 4) is 17.2 Å². The molecule has 4 rings (SSSR count). The fraction of sp³-hybridized carbons (Fsp3) is 0.478. The van der Waals surface area contributed by atoms with Crippen LogP contribution in [0.2, 0.25) is 0 Å². The summed E-state index contributed by atoms with van der Waals surface area (Å²) >= 11 is 0. The molecule has 30 heavy (non-hydrogen) atoms. The van der Waals surface area contributed by atoms with Crippen molar-refractivity contribution in [2.45, 2.75) is 44.8 Å². The maximum atomic E-state index is 12.5. The summed E-state index contributed by atoms with van der Waals surface area (Å²) in [6, 6.07) is 9.46. The van der Waals surface area contributed by atoms with Crippen molar-refractivity contribution in [1.29, 1.82) is 0 Å². The third kappa shape index (κ3) is 4.30. The minimum absolute atomic E-state index is 0.00630. The van der Waals surface area contributed by atoms with Crippen LogP contribution in [0.1, 0.15) is 36.6 Å². The largest absolute Gasteiger partial charge is 0.497 e. The highest BCUT2D eigenvalue weighted by Gasteiger charge is 2.32. The van der Waals surface area contributed by atoms with Crippen LogP contribution in [-0.4, -0.2) is 48.8 Å². The number of amides is 1. The van der Waals surface area contributed by atoms with E-state index in [4.69, 9.17) is 14.2 Å². The molecule has 160 valence electrons. The Morgan fingerprint density at radius 3 is 2.47 bits per heavy atom. The van der Waals surface area contributed by atoms with E-state index in [0.717, 1.165) is 35.6 Å². The first-order valence-electron chi connectivity index (χ1n) is 10.4. The molecule has 1 aliphatic carbocycles. The molecule has 7 heteroatoms. The molecule has 7 nitrogen and oxygen atoms in total. The minimum atomic E-state index is -0.0694. The van der Waals surface area contributed by atoms with Gasteiger partial charge in [-0.1, -0.05) is 6.07 Å². The molecule has 0 unspecified atom stereocenters. The van der Waals surface area contributed by atoms with Crippen LogP contribution >= 0.6 is 0 Å². The molecule has 0 atom stereocenters. The summed E-state index contributed by atoms with van der Waals surface area (Å²) in [4.78, 5) is 26.6. The molecule has 2 aromatic rings. The van der Waals surface area contributed by atoms with Crippen molar-refractivity contribution >= 4 is 5.91 Å². The highest BCUT2D eigenvalue weighted by atomic mass is 16.5. The summed E-state index contributed by atoms with van der Waals surface area (Å²) in [5, 5.41) is 0. The molecule has 2 fully saturated rings. The normalized spacial score (nSPS) is 16.2. The summed E-state index contributed by atoms with van der Waals surface area (Å²) in [7, 11) is 3.22. The third-order valence-electron chi connectivity index (χ3n) is 5.75. The number of likely N-dealkylation sites (tertiary alicyclic amines) is 1. The van der Waals surface area contributed by atoms with Gasteiger partial charge >= 0.3 is 0 Å². The molecule has 1 aromatic heterocycles. The highest BCUT2D eigenvalue weighted by Crippen LogP contribution is 2.35. The van der Waals surface area contributed by atoms with Crippen LogP contribution in [-0.2, 0) is 11.2 Å². The number of pyridine rings is 1. The van der Waals surface area contributed by atoms with E-state index in [0.29, 0.717) is 37.7 Å². The summed E-state index contributed by atoms with van der Waals surface area (Å²) in [6.07, 6.45) is 3.09. The first-order valence-corrected chi connectivity index (χ1v) is 10.4. The zero-order chi connectivity index (χ0) is 21.3. The number of carbonyl (C=O) groups is 1. The third-order valence-corrected chi connectivity index (χ3v) is 5.75. The molecule has 1 aromatic carbocycles. The van der Waals surface area contributed by atoms with E-state index < -0.39 is 0 Å². The molecule has 0 N–H and O–H groups in total. The highest BCUT2D eigenvalue weighted by molar-refractivity contribution is 5.77. The maximum absolute atomic E-state index is 12.5. The maximum Gasteiger partial charge on any atom is 0.254 e. The van der Waals surface area contributed by atoms with Crippen molar-refractivity contribution in [3.63, 3.8) is 0 Å². The van der Waals surface area contributed by atoms with Gasteiger partial charge in [-0.05, 0) is 43.9 Å². The van der Waals surface area contributed by atoms with Gasteiger partial charge in [0.1, 0.15) is 23.4 Å². The lowest BCUT2D eigenvalue weighted by molar-refractivity contribution is -0.139. The molecule has 1 aliphatic heterocycles. The Balaban J connectivity index is 1.27. The van der Waals surface area contributed by atoms with Crippen LogP contribution in [0.15, 0.2) is 35.1 Å². The van der Waals surface area contributed by atoms with E-state index in [2.05, 4.69) is 0 Å². The minimum Gasteiger partial charge on any atom is -0.497 e. The lowest BCUT2D eigenvalue weighted by atomic mass is 10.1.